The molecule has 116 valence electrons. The number of hydrogen-bond acceptors (Lipinski definition) is 4. The number of aliphatic hydroxyl groups is 1. The van der Waals surface area contributed by atoms with Crippen LogP contribution >= 0.6 is 0 Å². The van der Waals surface area contributed by atoms with Crippen LogP contribution in [0.4, 0.5) is 0 Å². The predicted octanol–water partition coefficient (Wildman–Crippen LogP) is 2.89. The zero-order chi connectivity index (χ0) is 15.7. The molecule has 0 saturated carbocycles. The molecule has 0 aliphatic carbocycles. The van der Waals surface area contributed by atoms with E-state index in [0.717, 1.165) is 17.6 Å². The Balaban J connectivity index is 2.32. The van der Waals surface area contributed by atoms with Crippen molar-refractivity contribution in [3.63, 3.8) is 0 Å². The van der Waals surface area contributed by atoms with E-state index in [0.29, 0.717) is 25.0 Å². The summed E-state index contributed by atoms with van der Waals surface area (Å²) < 4.78 is 10.8. The van der Waals surface area contributed by atoms with Crippen molar-refractivity contribution in [3.05, 3.63) is 41.5 Å². The van der Waals surface area contributed by atoms with Gasteiger partial charge in [-0.05, 0) is 50.0 Å². The number of benzene rings is 1. The Morgan fingerprint density at radius 3 is 2.57 bits per heavy atom. The number of hydrogen-bond donors (Lipinski definition) is 1. The molecule has 21 heavy (non-hydrogen) atoms. The van der Waals surface area contributed by atoms with Crippen molar-refractivity contribution in [2.45, 2.75) is 45.5 Å². The molecule has 0 heterocycles. The molecule has 0 aromatic heterocycles. The van der Waals surface area contributed by atoms with Gasteiger partial charge < -0.3 is 14.6 Å². The minimum Gasteiger partial charge on any atom is -0.497 e. The van der Waals surface area contributed by atoms with Crippen LogP contribution in [-0.2, 0) is 16.1 Å². The van der Waals surface area contributed by atoms with Gasteiger partial charge in [0.05, 0.1) is 25.9 Å². The highest BCUT2D eigenvalue weighted by molar-refractivity contribution is 5.71. The molecule has 0 aliphatic heterocycles. The Hall–Kier alpha value is -1.65. The highest BCUT2D eigenvalue weighted by Crippen LogP contribution is 2.14. The number of rotatable bonds is 9. The third-order valence-electron chi connectivity index (χ3n) is 3.20. The lowest BCUT2D eigenvalue weighted by atomic mass is 10.1. The fourth-order valence-electron chi connectivity index (χ4n) is 1.88. The van der Waals surface area contributed by atoms with Crippen LogP contribution in [0.25, 0.3) is 0 Å². The van der Waals surface area contributed by atoms with Gasteiger partial charge in [-0.25, -0.2) is 0 Å². The summed E-state index contributed by atoms with van der Waals surface area (Å²) >= 11 is 0. The van der Waals surface area contributed by atoms with E-state index in [-0.39, 0.29) is 6.10 Å². The van der Waals surface area contributed by atoms with Crippen molar-refractivity contribution in [2.24, 2.45) is 0 Å². The Morgan fingerprint density at radius 1 is 1.33 bits per heavy atom. The molecule has 0 amide bonds. The molecule has 0 fully saturated rings. The van der Waals surface area contributed by atoms with E-state index in [2.05, 4.69) is 0 Å². The number of aldehydes is 1. The molecule has 0 unspecified atom stereocenters. The van der Waals surface area contributed by atoms with Gasteiger partial charge >= 0.3 is 0 Å². The van der Waals surface area contributed by atoms with Gasteiger partial charge in [-0.15, -0.1) is 0 Å². The Bertz CT molecular complexity index is 450. The van der Waals surface area contributed by atoms with E-state index in [4.69, 9.17) is 9.47 Å². The monoisotopic (exact) mass is 292 g/mol. The molecule has 1 aromatic carbocycles. The Morgan fingerprint density at radius 2 is 2.00 bits per heavy atom. The molecule has 4 nitrogen and oxygen atoms in total. The van der Waals surface area contributed by atoms with Crippen LogP contribution in [0.3, 0.4) is 0 Å². The first-order chi connectivity index (χ1) is 10.0. The molecule has 0 radical (unpaired) electrons. The van der Waals surface area contributed by atoms with Gasteiger partial charge in [0.1, 0.15) is 12.0 Å². The second-order valence-electron chi connectivity index (χ2n) is 5.16. The van der Waals surface area contributed by atoms with Gasteiger partial charge in [0, 0.05) is 0 Å². The van der Waals surface area contributed by atoms with E-state index in [1.807, 2.05) is 31.2 Å². The summed E-state index contributed by atoms with van der Waals surface area (Å²) in [6, 6.07) is 7.70. The molecule has 2 atom stereocenters. The second kappa shape index (κ2) is 9.32. The summed E-state index contributed by atoms with van der Waals surface area (Å²) in [5, 5.41) is 9.87. The zero-order valence-corrected chi connectivity index (χ0v) is 12.9. The third kappa shape index (κ3) is 7.06. The molecule has 1 N–H and O–H groups in total. The summed E-state index contributed by atoms with van der Waals surface area (Å²) in [5.74, 6) is 0.819. The van der Waals surface area contributed by atoms with Crippen molar-refractivity contribution in [3.8, 4) is 5.75 Å². The highest BCUT2D eigenvalue weighted by Gasteiger charge is 2.10. The lowest BCUT2D eigenvalue weighted by molar-refractivity contribution is -0.104. The Labute approximate surface area is 126 Å². The number of ether oxygens (including phenoxy) is 2. The van der Waals surface area contributed by atoms with Gasteiger partial charge in [0.15, 0.2) is 0 Å². The first kappa shape index (κ1) is 17.4. The average molecular weight is 292 g/mol. The van der Waals surface area contributed by atoms with Gasteiger partial charge in [0.2, 0.25) is 0 Å². The average Bonchev–Trinajstić information content (AvgIpc) is 2.51. The van der Waals surface area contributed by atoms with Crippen molar-refractivity contribution in [1.29, 1.82) is 0 Å². The van der Waals surface area contributed by atoms with Crippen molar-refractivity contribution < 1.29 is 19.4 Å². The van der Waals surface area contributed by atoms with Crippen LogP contribution in [-0.4, -0.2) is 30.7 Å². The van der Waals surface area contributed by atoms with E-state index in [9.17, 15) is 9.90 Å². The van der Waals surface area contributed by atoms with Gasteiger partial charge in [-0.2, -0.15) is 0 Å². The summed E-state index contributed by atoms with van der Waals surface area (Å²) in [6.45, 7) is 4.16. The van der Waals surface area contributed by atoms with Gasteiger partial charge in [0.25, 0.3) is 0 Å². The molecule has 1 rings (SSSR count). The fraction of sp³-hybridized carbons (Fsp3) is 0.471. The normalized spacial score (nSPS) is 14.6. The smallest absolute Gasteiger partial charge is 0.145 e. The maximum absolute atomic E-state index is 10.5. The number of carbonyl (C=O) groups excluding carboxylic acids is 1. The summed E-state index contributed by atoms with van der Waals surface area (Å²) in [5.41, 5.74) is 1.70. The predicted molar refractivity (Wildman–Crippen MR) is 82.3 cm³/mol. The van der Waals surface area contributed by atoms with Crippen LogP contribution in [0.2, 0.25) is 0 Å². The summed E-state index contributed by atoms with van der Waals surface area (Å²) in [4.78, 5) is 10.5. The maximum atomic E-state index is 10.5. The van der Waals surface area contributed by atoms with Crippen LogP contribution in [0.15, 0.2) is 35.9 Å². The van der Waals surface area contributed by atoms with Crippen LogP contribution in [0, 0.1) is 0 Å². The molecule has 4 heteroatoms. The SMILES string of the molecule is COc1ccc(CO[C@H](C)C[C@H](O)C/C=C(\C)C=O)cc1. The quantitative estimate of drug-likeness (QED) is 0.561. The third-order valence-corrected chi connectivity index (χ3v) is 3.20. The molecular formula is C17H24O4. The van der Waals surface area contributed by atoms with Crippen LogP contribution < -0.4 is 4.74 Å². The molecule has 0 saturated heterocycles. The van der Waals surface area contributed by atoms with E-state index < -0.39 is 6.10 Å². The first-order valence-corrected chi connectivity index (χ1v) is 7.09. The molecule has 0 spiro atoms. The lowest BCUT2D eigenvalue weighted by Gasteiger charge is -2.16. The summed E-state index contributed by atoms with van der Waals surface area (Å²) in [6.07, 6.45) is 3.00. The van der Waals surface area contributed by atoms with E-state index in [1.54, 1.807) is 20.1 Å². The van der Waals surface area contributed by atoms with Crippen molar-refractivity contribution in [1.82, 2.24) is 0 Å². The fourth-order valence-corrected chi connectivity index (χ4v) is 1.88. The maximum Gasteiger partial charge on any atom is 0.145 e. The highest BCUT2D eigenvalue weighted by atomic mass is 16.5. The largest absolute Gasteiger partial charge is 0.497 e. The van der Waals surface area contributed by atoms with Crippen LogP contribution in [0.1, 0.15) is 32.3 Å². The molecular weight excluding hydrogens is 268 g/mol. The number of carbonyl (C=O) groups is 1. The first-order valence-electron chi connectivity index (χ1n) is 7.09. The minimum atomic E-state index is -0.495. The van der Waals surface area contributed by atoms with Gasteiger partial charge in [-0.3, -0.25) is 4.79 Å². The summed E-state index contributed by atoms with van der Waals surface area (Å²) in [7, 11) is 1.63. The number of aliphatic hydroxyl groups excluding tert-OH is 1. The second-order valence-corrected chi connectivity index (χ2v) is 5.16. The van der Waals surface area contributed by atoms with Gasteiger partial charge in [-0.1, -0.05) is 18.2 Å². The number of methoxy groups -OCH3 is 1. The topological polar surface area (TPSA) is 55.8 Å². The molecule has 0 aliphatic rings. The lowest BCUT2D eigenvalue weighted by Crippen LogP contribution is -2.17. The molecule has 1 aromatic rings. The Kier molecular flexibility index (Phi) is 7.72. The molecule has 0 bridgehead atoms. The standard InChI is InChI=1S/C17H24O4/c1-13(11-18)4-7-16(19)10-14(2)21-12-15-5-8-17(20-3)9-6-15/h4-6,8-9,11,14,16,19H,7,10,12H2,1-3H3/b13-4+/t14-,16-/m1/s1. The van der Waals surface area contributed by atoms with Crippen molar-refractivity contribution >= 4 is 6.29 Å². The van der Waals surface area contributed by atoms with Crippen molar-refractivity contribution in [2.75, 3.05) is 7.11 Å². The number of allylic oxidation sites excluding steroid dienone is 1. The zero-order valence-electron chi connectivity index (χ0n) is 12.9. The van der Waals surface area contributed by atoms with Crippen LogP contribution in [0.5, 0.6) is 5.75 Å². The van der Waals surface area contributed by atoms with E-state index >= 15 is 0 Å². The van der Waals surface area contributed by atoms with E-state index in [1.165, 1.54) is 0 Å². The minimum absolute atomic E-state index is 0.0490.